The number of nitrogens with zero attached hydrogens (tertiary/aromatic N) is 1. The number of rotatable bonds is 5. The predicted molar refractivity (Wildman–Crippen MR) is 80.5 cm³/mol. The van der Waals surface area contributed by atoms with Gasteiger partial charge >= 0.3 is 0 Å². The number of hydrogen-bond donors (Lipinski definition) is 1. The van der Waals surface area contributed by atoms with Crippen molar-refractivity contribution in [2.24, 2.45) is 0 Å². The third-order valence-corrected chi connectivity index (χ3v) is 4.73. The fourth-order valence-electron chi connectivity index (χ4n) is 1.94. The SMILES string of the molecule is C[S@+]([O-])CC(=O)N1CCS[C@@H]1COc1ccccc1O. The fraction of sp³-hybridized carbons (Fsp3) is 0.462. The molecule has 0 saturated carbocycles. The molecular weight excluding hydrogens is 298 g/mol. The maximum atomic E-state index is 12.0. The Hall–Kier alpha value is -1.05. The van der Waals surface area contributed by atoms with E-state index in [2.05, 4.69) is 0 Å². The van der Waals surface area contributed by atoms with Gasteiger partial charge in [0.2, 0.25) is 0 Å². The van der Waals surface area contributed by atoms with Gasteiger partial charge < -0.3 is 19.3 Å². The summed E-state index contributed by atoms with van der Waals surface area (Å²) in [5.41, 5.74) is 0. The van der Waals surface area contributed by atoms with Crippen molar-refractivity contribution in [2.45, 2.75) is 5.37 Å². The highest BCUT2D eigenvalue weighted by molar-refractivity contribution is 8.00. The molecule has 1 aromatic rings. The Labute approximate surface area is 125 Å². The minimum atomic E-state index is -1.13. The van der Waals surface area contributed by atoms with Gasteiger partial charge in [-0.3, -0.25) is 4.79 Å². The van der Waals surface area contributed by atoms with Crippen LogP contribution < -0.4 is 4.74 Å². The van der Waals surface area contributed by atoms with E-state index in [4.69, 9.17) is 4.74 Å². The van der Waals surface area contributed by atoms with Crippen LogP contribution in [0.4, 0.5) is 0 Å². The van der Waals surface area contributed by atoms with Crippen molar-refractivity contribution in [2.75, 3.05) is 30.9 Å². The van der Waals surface area contributed by atoms with Crippen molar-refractivity contribution in [3.63, 3.8) is 0 Å². The molecule has 0 aliphatic carbocycles. The van der Waals surface area contributed by atoms with Gasteiger partial charge in [-0.05, 0) is 23.3 Å². The molecule has 110 valence electrons. The first-order valence-corrected chi connectivity index (χ1v) is 8.97. The number of aromatic hydroxyl groups is 1. The van der Waals surface area contributed by atoms with Crippen LogP contribution in [-0.2, 0) is 16.0 Å². The van der Waals surface area contributed by atoms with E-state index in [9.17, 15) is 14.5 Å². The van der Waals surface area contributed by atoms with Crippen molar-refractivity contribution in [1.82, 2.24) is 4.90 Å². The van der Waals surface area contributed by atoms with E-state index in [1.807, 2.05) is 0 Å². The molecule has 1 N–H and O–H groups in total. The minimum Gasteiger partial charge on any atom is -0.616 e. The van der Waals surface area contributed by atoms with Crippen LogP contribution in [-0.4, -0.2) is 56.8 Å². The highest BCUT2D eigenvalue weighted by Gasteiger charge is 2.31. The summed E-state index contributed by atoms with van der Waals surface area (Å²) >= 11 is 0.499. The number of para-hydroxylation sites is 2. The molecule has 1 aliphatic heterocycles. The minimum absolute atomic E-state index is 0.0493. The lowest BCUT2D eigenvalue weighted by Gasteiger charge is -2.23. The molecule has 1 heterocycles. The number of thioether (sulfide) groups is 1. The monoisotopic (exact) mass is 315 g/mol. The molecule has 0 unspecified atom stereocenters. The zero-order valence-electron chi connectivity index (χ0n) is 11.2. The zero-order chi connectivity index (χ0) is 14.5. The van der Waals surface area contributed by atoms with Gasteiger partial charge in [-0.2, -0.15) is 0 Å². The lowest BCUT2D eigenvalue weighted by molar-refractivity contribution is -0.128. The Balaban J connectivity index is 1.91. The molecule has 1 aromatic carbocycles. The first-order valence-electron chi connectivity index (χ1n) is 6.20. The lowest BCUT2D eigenvalue weighted by atomic mass is 10.3. The lowest BCUT2D eigenvalue weighted by Crippen LogP contribution is -2.41. The van der Waals surface area contributed by atoms with Gasteiger partial charge in [0.25, 0.3) is 5.91 Å². The normalized spacial score (nSPS) is 19.9. The molecule has 2 atom stereocenters. The maximum absolute atomic E-state index is 12.0. The third kappa shape index (κ3) is 3.97. The molecular formula is C13H17NO4S2. The van der Waals surface area contributed by atoms with Crippen molar-refractivity contribution >= 4 is 28.8 Å². The summed E-state index contributed by atoms with van der Waals surface area (Å²) in [5, 5.41) is 9.53. The molecule has 1 amide bonds. The summed E-state index contributed by atoms with van der Waals surface area (Å²) in [7, 11) is 0. The fourth-order valence-corrected chi connectivity index (χ4v) is 3.60. The number of phenolic OH excluding ortho intramolecular Hbond substituents is 1. The first kappa shape index (κ1) is 15.3. The predicted octanol–water partition coefficient (Wildman–Crippen LogP) is 1.05. The van der Waals surface area contributed by atoms with Gasteiger partial charge in [0, 0.05) is 12.3 Å². The molecule has 1 fully saturated rings. The van der Waals surface area contributed by atoms with E-state index < -0.39 is 11.2 Å². The average Bonchev–Trinajstić information content (AvgIpc) is 2.85. The zero-order valence-corrected chi connectivity index (χ0v) is 12.8. The third-order valence-electron chi connectivity index (χ3n) is 2.88. The Kier molecular flexibility index (Phi) is 5.45. The summed E-state index contributed by atoms with van der Waals surface area (Å²) < 4.78 is 16.7. The van der Waals surface area contributed by atoms with Crippen molar-refractivity contribution in [3.05, 3.63) is 24.3 Å². The molecule has 7 heteroatoms. The molecule has 5 nitrogen and oxygen atoms in total. The van der Waals surface area contributed by atoms with Crippen LogP contribution in [0.2, 0.25) is 0 Å². The van der Waals surface area contributed by atoms with E-state index in [1.165, 1.54) is 6.26 Å². The highest BCUT2D eigenvalue weighted by Crippen LogP contribution is 2.28. The second kappa shape index (κ2) is 7.10. The summed E-state index contributed by atoms with van der Waals surface area (Å²) in [6.45, 7) is 0.958. The molecule has 0 spiro atoms. The first-order chi connectivity index (χ1) is 9.58. The Morgan fingerprint density at radius 1 is 1.60 bits per heavy atom. The number of benzene rings is 1. The topological polar surface area (TPSA) is 72.8 Å². The summed E-state index contributed by atoms with van der Waals surface area (Å²) in [4.78, 5) is 13.7. The molecule has 0 bridgehead atoms. The molecule has 0 radical (unpaired) electrons. The smallest absolute Gasteiger partial charge is 0.273 e. The molecule has 1 aliphatic rings. The molecule has 1 saturated heterocycles. The van der Waals surface area contributed by atoms with Crippen LogP contribution in [0.25, 0.3) is 0 Å². The maximum Gasteiger partial charge on any atom is 0.273 e. The second-order valence-corrected chi connectivity index (χ2v) is 7.13. The number of hydrogen-bond acceptors (Lipinski definition) is 5. The number of amides is 1. The number of carbonyl (C=O) groups is 1. The van der Waals surface area contributed by atoms with Gasteiger partial charge in [0.15, 0.2) is 17.3 Å². The molecule has 0 aromatic heterocycles. The van der Waals surface area contributed by atoms with Gasteiger partial charge in [-0.1, -0.05) is 12.1 Å². The van der Waals surface area contributed by atoms with E-state index in [0.717, 1.165) is 5.75 Å². The van der Waals surface area contributed by atoms with Gasteiger partial charge in [-0.25, -0.2) is 0 Å². The van der Waals surface area contributed by atoms with Gasteiger partial charge in [0.1, 0.15) is 12.0 Å². The van der Waals surface area contributed by atoms with Crippen LogP contribution in [0, 0.1) is 0 Å². The van der Waals surface area contributed by atoms with Crippen molar-refractivity contribution < 1.29 is 19.2 Å². The summed E-state index contributed by atoms with van der Waals surface area (Å²) in [6.07, 6.45) is 1.52. The van der Waals surface area contributed by atoms with E-state index >= 15 is 0 Å². The number of ether oxygens (including phenoxy) is 1. The van der Waals surface area contributed by atoms with Crippen LogP contribution in [0.3, 0.4) is 0 Å². The largest absolute Gasteiger partial charge is 0.616 e. The highest BCUT2D eigenvalue weighted by atomic mass is 32.2. The second-order valence-electron chi connectivity index (χ2n) is 4.41. The standard InChI is InChI=1S/C13H17NO4S2/c1-20(17)9-12(16)14-6-7-19-13(14)8-18-11-5-3-2-4-10(11)15/h2-5,13,15H,6-9H2,1H3/t13-,20+/m1/s1. The van der Waals surface area contributed by atoms with Gasteiger partial charge in [0.05, 0.1) is 6.26 Å². The van der Waals surface area contributed by atoms with E-state index in [0.29, 0.717) is 18.9 Å². The Morgan fingerprint density at radius 2 is 2.35 bits per heavy atom. The Bertz CT molecular complexity index is 469. The Morgan fingerprint density at radius 3 is 3.05 bits per heavy atom. The quantitative estimate of drug-likeness (QED) is 0.822. The van der Waals surface area contributed by atoms with E-state index in [-0.39, 0.29) is 22.8 Å². The number of phenols is 1. The molecule has 20 heavy (non-hydrogen) atoms. The number of carbonyl (C=O) groups excluding carboxylic acids is 1. The van der Waals surface area contributed by atoms with Crippen LogP contribution in [0.5, 0.6) is 11.5 Å². The van der Waals surface area contributed by atoms with Crippen LogP contribution >= 0.6 is 11.8 Å². The van der Waals surface area contributed by atoms with E-state index in [1.54, 1.807) is 40.9 Å². The van der Waals surface area contributed by atoms with Gasteiger partial charge in [-0.15, -0.1) is 11.8 Å². The average molecular weight is 315 g/mol. The summed E-state index contributed by atoms with van der Waals surface area (Å²) in [6, 6.07) is 6.74. The van der Waals surface area contributed by atoms with Crippen molar-refractivity contribution in [1.29, 1.82) is 0 Å². The molecule has 2 rings (SSSR count). The van der Waals surface area contributed by atoms with Crippen LogP contribution in [0.1, 0.15) is 0 Å². The summed E-state index contributed by atoms with van der Waals surface area (Å²) in [5.74, 6) is 1.28. The van der Waals surface area contributed by atoms with Crippen LogP contribution in [0.15, 0.2) is 24.3 Å². The van der Waals surface area contributed by atoms with Crippen molar-refractivity contribution in [3.8, 4) is 11.5 Å².